The van der Waals surface area contributed by atoms with Crippen LogP contribution in [0.25, 0.3) is 0 Å². The number of rotatable bonds is 3. The highest BCUT2D eigenvalue weighted by molar-refractivity contribution is 7.59. The summed E-state index contributed by atoms with van der Waals surface area (Å²) in [5.74, 6) is -0.533. The van der Waals surface area contributed by atoms with Crippen molar-refractivity contribution in [2.24, 2.45) is 0 Å². The van der Waals surface area contributed by atoms with E-state index in [9.17, 15) is 9.59 Å². The molecule has 0 aromatic carbocycles. The molecule has 0 aromatic heterocycles. The summed E-state index contributed by atoms with van der Waals surface area (Å²) in [7, 11) is 0. The average molecular weight is 203 g/mol. The molecule has 1 rings (SSSR count). The molecule has 0 saturated carbocycles. The molecule has 1 N–H and O–H groups in total. The number of cyclic esters (lactones) is 1. The van der Waals surface area contributed by atoms with Gasteiger partial charge in [-0.05, 0) is 0 Å². The first kappa shape index (κ1) is 12.0. The lowest BCUT2D eigenvalue weighted by molar-refractivity contribution is -0.148. The van der Waals surface area contributed by atoms with E-state index in [4.69, 9.17) is 4.74 Å². The second-order valence-electron chi connectivity index (χ2n) is 2.55. The molecule has 0 aromatic rings. The lowest BCUT2D eigenvalue weighted by Gasteiger charge is -2.07. The van der Waals surface area contributed by atoms with Crippen molar-refractivity contribution in [3.63, 3.8) is 0 Å². The van der Waals surface area contributed by atoms with Crippen LogP contribution in [0.4, 0.5) is 0 Å². The maximum absolute atomic E-state index is 11.1. The van der Waals surface area contributed by atoms with Crippen LogP contribution in [-0.2, 0) is 14.3 Å². The zero-order valence-electron chi connectivity index (χ0n) is 7.21. The van der Waals surface area contributed by atoms with Crippen LogP contribution in [0.5, 0.6) is 0 Å². The van der Waals surface area contributed by atoms with Gasteiger partial charge in [-0.3, -0.25) is 9.59 Å². The van der Waals surface area contributed by atoms with E-state index in [1.165, 1.54) is 0 Å². The Labute approximate surface area is 83.8 Å². The molecule has 1 heterocycles. The molecule has 0 spiro atoms. The highest BCUT2D eigenvalue weighted by Crippen LogP contribution is 2.13. The van der Waals surface area contributed by atoms with Gasteiger partial charge in [0, 0.05) is 19.4 Å². The van der Waals surface area contributed by atoms with Crippen LogP contribution >= 0.6 is 13.5 Å². The molecule has 0 aliphatic carbocycles. The van der Waals surface area contributed by atoms with Crippen molar-refractivity contribution in [1.29, 1.82) is 0 Å². The summed E-state index contributed by atoms with van der Waals surface area (Å²) in [4.78, 5) is 21.7. The largest absolute Gasteiger partial charge is 0.452 e. The van der Waals surface area contributed by atoms with Crippen molar-refractivity contribution in [2.75, 3.05) is 6.54 Å². The van der Waals surface area contributed by atoms with Crippen LogP contribution in [0.15, 0.2) is 12.7 Å². The van der Waals surface area contributed by atoms with Crippen LogP contribution < -0.4 is 5.32 Å². The maximum Gasteiger partial charge on any atom is 0.306 e. The molecule has 5 heteroatoms. The van der Waals surface area contributed by atoms with Crippen molar-refractivity contribution in [1.82, 2.24) is 5.32 Å². The summed E-state index contributed by atoms with van der Waals surface area (Å²) in [6.07, 6.45) is 1.82. The first-order valence-electron chi connectivity index (χ1n) is 3.82. The molecule has 1 fully saturated rings. The molecule has 1 aliphatic rings. The van der Waals surface area contributed by atoms with Crippen LogP contribution in [0.1, 0.15) is 12.8 Å². The van der Waals surface area contributed by atoms with Crippen molar-refractivity contribution in [2.45, 2.75) is 18.9 Å². The van der Waals surface area contributed by atoms with E-state index in [0.717, 1.165) is 0 Å². The number of carbonyl (C=O) groups excluding carboxylic acids is 2. The predicted molar refractivity (Wildman–Crippen MR) is 52.7 cm³/mol. The van der Waals surface area contributed by atoms with Gasteiger partial charge in [0.2, 0.25) is 0 Å². The molecule has 4 nitrogen and oxygen atoms in total. The number of hydrogen-bond donors (Lipinski definition) is 1. The minimum Gasteiger partial charge on any atom is -0.452 e. The molecular weight excluding hydrogens is 190 g/mol. The van der Waals surface area contributed by atoms with Gasteiger partial charge in [0.1, 0.15) is 0 Å². The predicted octanol–water partition coefficient (Wildman–Crippen LogP) is 0.107. The molecular formula is C8H13NO3S. The third kappa shape index (κ3) is 3.50. The number of ether oxygens (including phenoxy) is 1. The SMILES string of the molecule is C=CCNC(=O)[C@@H]1CCC(=O)O1.S. The van der Waals surface area contributed by atoms with E-state index >= 15 is 0 Å². The Morgan fingerprint density at radius 3 is 2.92 bits per heavy atom. The van der Waals surface area contributed by atoms with Gasteiger partial charge in [-0.1, -0.05) is 6.08 Å². The Kier molecular flexibility index (Phi) is 5.22. The molecule has 0 unspecified atom stereocenters. The van der Waals surface area contributed by atoms with Gasteiger partial charge in [-0.2, -0.15) is 13.5 Å². The number of nitrogens with one attached hydrogen (secondary N) is 1. The summed E-state index contributed by atoms with van der Waals surface area (Å²) < 4.78 is 4.73. The van der Waals surface area contributed by atoms with E-state index in [1.807, 2.05) is 0 Å². The van der Waals surface area contributed by atoms with Crippen LogP contribution in [0.2, 0.25) is 0 Å². The average Bonchev–Trinajstić information content (AvgIpc) is 2.47. The zero-order valence-corrected chi connectivity index (χ0v) is 8.21. The number of esters is 1. The van der Waals surface area contributed by atoms with Gasteiger partial charge >= 0.3 is 5.97 Å². The highest BCUT2D eigenvalue weighted by atomic mass is 32.1. The summed E-state index contributed by atoms with van der Waals surface area (Å²) in [6.45, 7) is 3.86. The van der Waals surface area contributed by atoms with E-state index < -0.39 is 6.10 Å². The number of amides is 1. The van der Waals surface area contributed by atoms with Gasteiger partial charge in [-0.15, -0.1) is 6.58 Å². The van der Waals surface area contributed by atoms with Crippen molar-refractivity contribution in [3.05, 3.63) is 12.7 Å². The molecule has 0 bridgehead atoms. The van der Waals surface area contributed by atoms with Crippen LogP contribution in [0.3, 0.4) is 0 Å². The van der Waals surface area contributed by atoms with Crippen molar-refractivity contribution in [3.8, 4) is 0 Å². The zero-order chi connectivity index (χ0) is 8.97. The normalized spacial score (nSPS) is 20.0. The quantitative estimate of drug-likeness (QED) is 0.523. The molecule has 1 aliphatic heterocycles. The Bertz CT molecular complexity index is 217. The molecule has 1 atom stereocenters. The fourth-order valence-electron chi connectivity index (χ4n) is 0.997. The minimum atomic E-state index is -0.586. The summed E-state index contributed by atoms with van der Waals surface area (Å²) >= 11 is 0. The number of carbonyl (C=O) groups is 2. The van der Waals surface area contributed by atoms with Crippen LogP contribution in [-0.4, -0.2) is 24.5 Å². The third-order valence-electron chi connectivity index (χ3n) is 1.60. The molecule has 13 heavy (non-hydrogen) atoms. The molecule has 1 amide bonds. The Hall–Kier alpha value is -0.970. The van der Waals surface area contributed by atoms with E-state index in [2.05, 4.69) is 11.9 Å². The topological polar surface area (TPSA) is 55.4 Å². The lowest BCUT2D eigenvalue weighted by atomic mass is 10.2. The van der Waals surface area contributed by atoms with Crippen molar-refractivity contribution < 1.29 is 14.3 Å². The summed E-state index contributed by atoms with van der Waals surface area (Å²) in [5, 5.41) is 2.56. The number of hydrogen-bond acceptors (Lipinski definition) is 3. The van der Waals surface area contributed by atoms with Gasteiger partial charge < -0.3 is 10.1 Å². The highest BCUT2D eigenvalue weighted by Gasteiger charge is 2.28. The molecule has 0 radical (unpaired) electrons. The Balaban J connectivity index is 0.00000144. The first-order valence-corrected chi connectivity index (χ1v) is 3.82. The second kappa shape index (κ2) is 5.64. The van der Waals surface area contributed by atoms with Crippen molar-refractivity contribution >= 4 is 25.4 Å². The molecule has 1 saturated heterocycles. The maximum atomic E-state index is 11.1. The summed E-state index contributed by atoms with van der Waals surface area (Å²) in [5.41, 5.74) is 0. The third-order valence-corrected chi connectivity index (χ3v) is 1.60. The summed E-state index contributed by atoms with van der Waals surface area (Å²) in [6, 6.07) is 0. The van der Waals surface area contributed by atoms with Gasteiger partial charge in [0.25, 0.3) is 5.91 Å². The lowest BCUT2D eigenvalue weighted by Crippen LogP contribution is -2.34. The fourth-order valence-corrected chi connectivity index (χ4v) is 0.997. The van der Waals surface area contributed by atoms with E-state index in [1.54, 1.807) is 6.08 Å². The van der Waals surface area contributed by atoms with Crippen LogP contribution in [0, 0.1) is 0 Å². The van der Waals surface area contributed by atoms with Gasteiger partial charge in [0.05, 0.1) is 0 Å². The minimum absolute atomic E-state index is 0. The smallest absolute Gasteiger partial charge is 0.306 e. The Morgan fingerprint density at radius 1 is 1.77 bits per heavy atom. The fraction of sp³-hybridized carbons (Fsp3) is 0.500. The van der Waals surface area contributed by atoms with E-state index in [0.29, 0.717) is 19.4 Å². The monoisotopic (exact) mass is 203 g/mol. The van der Waals surface area contributed by atoms with Gasteiger partial charge in [0.15, 0.2) is 6.10 Å². The first-order chi connectivity index (χ1) is 5.74. The Morgan fingerprint density at radius 2 is 2.46 bits per heavy atom. The standard InChI is InChI=1S/C8H11NO3.H2S/c1-2-5-9-8(11)6-3-4-7(10)12-6;/h2,6H,1,3-5H2,(H,9,11);1H2/t6-;/m0./s1. The van der Waals surface area contributed by atoms with Gasteiger partial charge in [-0.25, -0.2) is 0 Å². The van der Waals surface area contributed by atoms with E-state index in [-0.39, 0.29) is 25.4 Å². The second-order valence-corrected chi connectivity index (χ2v) is 2.55. The molecule has 74 valence electrons.